The number of amides is 1. The normalized spacial score (nSPS) is 13.6. The number of nitrogens with zero attached hydrogens (tertiary/aromatic N) is 1. The van der Waals surface area contributed by atoms with Gasteiger partial charge in [-0.25, -0.2) is 0 Å². The number of rotatable bonds is 7. The third-order valence-electron chi connectivity index (χ3n) is 2.85. The third-order valence-corrected chi connectivity index (χ3v) is 3.86. The Morgan fingerprint density at radius 3 is 2.55 bits per heavy atom. The molecule has 0 radical (unpaired) electrons. The number of hydrogen-bond acceptors (Lipinski definition) is 5. The summed E-state index contributed by atoms with van der Waals surface area (Å²) in [5.41, 5.74) is -0.869. The molecule has 0 heterocycles. The smallest absolute Gasteiger partial charge is 0.269 e. The molecule has 20 heavy (non-hydrogen) atoms. The summed E-state index contributed by atoms with van der Waals surface area (Å²) < 4.78 is 0. The van der Waals surface area contributed by atoms with Crippen LogP contribution in [0.15, 0.2) is 29.2 Å². The van der Waals surface area contributed by atoms with E-state index in [1.165, 1.54) is 23.9 Å². The van der Waals surface area contributed by atoms with Gasteiger partial charge >= 0.3 is 0 Å². The molecule has 0 bridgehead atoms. The lowest BCUT2D eigenvalue weighted by molar-refractivity contribution is -0.384. The molecule has 0 spiro atoms. The molecule has 0 saturated heterocycles. The van der Waals surface area contributed by atoms with E-state index in [-0.39, 0.29) is 23.9 Å². The maximum absolute atomic E-state index is 11.6. The third kappa shape index (κ3) is 5.58. The monoisotopic (exact) mass is 298 g/mol. The fourth-order valence-electron chi connectivity index (χ4n) is 1.28. The summed E-state index contributed by atoms with van der Waals surface area (Å²) in [6, 6.07) is 6.03. The Kier molecular flexibility index (Phi) is 5.97. The van der Waals surface area contributed by atoms with E-state index < -0.39 is 10.5 Å². The van der Waals surface area contributed by atoms with Crippen molar-refractivity contribution in [3.63, 3.8) is 0 Å². The Hall–Kier alpha value is -1.60. The zero-order chi connectivity index (χ0) is 15.2. The molecule has 0 aliphatic carbocycles. The summed E-state index contributed by atoms with van der Waals surface area (Å²) in [5, 5.41) is 22.9. The second-order valence-corrected chi connectivity index (χ2v) is 5.72. The van der Waals surface area contributed by atoms with Crippen molar-refractivity contribution in [1.29, 1.82) is 0 Å². The summed E-state index contributed by atoms with van der Waals surface area (Å²) in [6.07, 6.45) is 0.558. The molecule has 1 atom stereocenters. The van der Waals surface area contributed by atoms with Gasteiger partial charge in [-0.05, 0) is 25.5 Å². The second kappa shape index (κ2) is 7.25. The topological polar surface area (TPSA) is 92.5 Å². The largest absolute Gasteiger partial charge is 0.388 e. The lowest BCUT2D eigenvalue weighted by Gasteiger charge is -2.21. The maximum Gasteiger partial charge on any atom is 0.269 e. The van der Waals surface area contributed by atoms with Crippen LogP contribution >= 0.6 is 11.8 Å². The Bertz CT molecular complexity index is 474. The van der Waals surface area contributed by atoms with Crippen molar-refractivity contribution in [1.82, 2.24) is 5.32 Å². The number of benzene rings is 1. The van der Waals surface area contributed by atoms with Crippen LogP contribution in [-0.2, 0) is 4.79 Å². The van der Waals surface area contributed by atoms with Gasteiger partial charge in [0, 0.05) is 23.6 Å². The van der Waals surface area contributed by atoms with Gasteiger partial charge in [0.2, 0.25) is 5.91 Å². The first-order valence-electron chi connectivity index (χ1n) is 6.20. The number of carbonyl (C=O) groups excluding carboxylic acids is 1. The Balaban J connectivity index is 2.39. The Morgan fingerprint density at radius 2 is 2.05 bits per heavy atom. The van der Waals surface area contributed by atoms with Gasteiger partial charge in [0.05, 0.1) is 16.3 Å². The van der Waals surface area contributed by atoms with Gasteiger partial charge < -0.3 is 10.4 Å². The standard InChI is InChI=1S/C13H18N2O4S/c1-3-13(2,17)9-14-12(16)8-20-11-6-4-10(5-7-11)15(18)19/h4-7,17H,3,8-9H2,1-2H3,(H,14,16). The van der Waals surface area contributed by atoms with Crippen LogP contribution < -0.4 is 5.32 Å². The Labute approximate surface area is 121 Å². The molecule has 110 valence electrons. The van der Waals surface area contributed by atoms with Crippen LogP contribution in [0.5, 0.6) is 0 Å². The molecule has 0 aromatic heterocycles. The minimum Gasteiger partial charge on any atom is -0.388 e. The van der Waals surface area contributed by atoms with Crippen molar-refractivity contribution in [2.45, 2.75) is 30.8 Å². The van der Waals surface area contributed by atoms with E-state index in [0.717, 1.165) is 4.90 Å². The van der Waals surface area contributed by atoms with Gasteiger partial charge in [0.15, 0.2) is 0 Å². The molecule has 0 aliphatic heterocycles. The number of carbonyl (C=O) groups is 1. The molecule has 2 N–H and O–H groups in total. The van der Waals surface area contributed by atoms with Crippen molar-refractivity contribution in [3.05, 3.63) is 34.4 Å². The summed E-state index contributed by atoms with van der Waals surface area (Å²) >= 11 is 1.29. The molecule has 1 aromatic carbocycles. The quantitative estimate of drug-likeness (QED) is 0.456. The van der Waals surface area contributed by atoms with Gasteiger partial charge in [0.1, 0.15) is 0 Å². The van der Waals surface area contributed by atoms with Crippen LogP contribution in [0.2, 0.25) is 0 Å². The maximum atomic E-state index is 11.6. The number of nitrogens with one attached hydrogen (secondary N) is 1. The second-order valence-electron chi connectivity index (χ2n) is 4.67. The average molecular weight is 298 g/mol. The van der Waals surface area contributed by atoms with E-state index in [0.29, 0.717) is 6.42 Å². The predicted molar refractivity (Wildman–Crippen MR) is 77.7 cm³/mol. The average Bonchev–Trinajstić information content (AvgIpc) is 2.43. The molecule has 0 aliphatic rings. The first-order chi connectivity index (χ1) is 9.34. The molecule has 0 saturated carbocycles. The number of thioether (sulfide) groups is 1. The SMILES string of the molecule is CCC(C)(O)CNC(=O)CSc1ccc([N+](=O)[O-])cc1. The molecular formula is C13H18N2O4S. The summed E-state index contributed by atoms with van der Waals surface area (Å²) in [7, 11) is 0. The molecule has 1 amide bonds. The lowest BCUT2D eigenvalue weighted by atomic mass is 10.0. The van der Waals surface area contributed by atoms with Crippen molar-refractivity contribution < 1.29 is 14.8 Å². The van der Waals surface area contributed by atoms with Crippen LogP contribution in [-0.4, -0.2) is 33.8 Å². The van der Waals surface area contributed by atoms with E-state index in [2.05, 4.69) is 5.32 Å². The predicted octanol–water partition coefficient (Wildman–Crippen LogP) is 1.96. The van der Waals surface area contributed by atoms with Crippen LogP contribution in [0, 0.1) is 10.1 Å². The van der Waals surface area contributed by atoms with Crippen molar-refractivity contribution in [3.8, 4) is 0 Å². The van der Waals surface area contributed by atoms with Crippen LogP contribution in [0.4, 0.5) is 5.69 Å². The number of aliphatic hydroxyl groups is 1. The van der Waals surface area contributed by atoms with Crippen LogP contribution in [0.3, 0.4) is 0 Å². The fraction of sp³-hybridized carbons (Fsp3) is 0.462. The van der Waals surface area contributed by atoms with Gasteiger partial charge in [0.25, 0.3) is 5.69 Å². The highest BCUT2D eigenvalue weighted by atomic mass is 32.2. The number of nitro benzene ring substituents is 1. The van der Waals surface area contributed by atoms with E-state index in [9.17, 15) is 20.0 Å². The number of nitro groups is 1. The zero-order valence-corrected chi connectivity index (χ0v) is 12.3. The van der Waals surface area contributed by atoms with Crippen LogP contribution in [0.25, 0.3) is 0 Å². The molecule has 1 aromatic rings. The molecule has 7 heteroatoms. The molecule has 0 fully saturated rings. The van der Waals surface area contributed by atoms with Crippen molar-refractivity contribution in [2.24, 2.45) is 0 Å². The summed E-state index contributed by atoms with van der Waals surface area (Å²) in [5.74, 6) is 0.0273. The Morgan fingerprint density at radius 1 is 1.45 bits per heavy atom. The lowest BCUT2D eigenvalue weighted by Crippen LogP contribution is -2.40. The van der Waals surface area contributed by atoms with E-state index in [1.54, 1.807) is 19.1 Å². The summed E-state index contributed by atoms with van der Waals surface area (Å²) in [4.78, 5) is 22.4. The molecule has 1 rings (SSSR count). The fourth-order valence-corrected chi connectivity index (χ4v) is 2.01. The highest BCUT2D eigenvalue weighted by Gasteiger charge is 2.18. The van der Waals surface area contributed by atoms with E-state index in [1.807, 2.05) is 6.92 Å². The molecule has 1 unspecified atom stereocenters. The van der Waals surface area contributed by atoms with E-state index >= 15 is 0 Å². The van der Waals surface area contributed by atoms with Crippen molar-refractivity contribution >= 4 is 23.4 Å². The van der Waals surface area contributed by atoms with Crippen LogP contribution in [0.1, 0.15) is 20.3 Å². The first-order valence-corrected chi connectivity index (χ1v) is 7.19. The number of hydrogen-bond donors (Lipinski definition) is 2. The molecular weight excluding hydrogens is 280 g/mol. The number of non-ortho nitro benzene ring substituents is 1. The van der Waals surface area contributed by atoms with Gasteiger partial charge in [-0.3, -0.25) is 14.9 Å². The minimum atomic E-state index is -0.895. The summed E-state index contributed by atoms with van der Waals surface area (Å²) in [6.45, 7) is 3.72. The zero-order valence-electron chi connectivity index (χ0n) is 11.5. The van der Waals surface area contributed by atoms with E-state index in [4.69, 9.17) is 0 Å². The van der Waals surface area contributed by atoms with Gasteiger partial charge in [-0.1, -0.05) is 6.92 Å². The highest BCUT2D eigenvalue weighted by Crippen LogP contribution is 2.21. The first kappa shape index (κ1) is 16.5. The van der Waals surface area contributed by atoms with Gasteiger partial charge in [-0.2, -0.15) is 0 Å². The van der Waals surface area contributed by atoms with Gasteiger partial charge in [-0.15, -0.1) is 11.8 Å². The van der Waals surface area contributed by atoms with Crippen molar-refractivity contribution in [2.75, 3.05) is 12.3 Å². The highest BCUT2D eigenvalue weighted by molar-refractivity contribution is 8.00. The minimum absolute atomic E-state index is 0.0257. The molecule has 6 nitrogen and oxygen atoms in total.